The fourth-order valence-corrected chi connectivity index (χ4v) is 14.2. The Bertz CT molecular complexity index is 2670. The molecule has 0 radical (unpaired) electrons. The van der Waals surface area contributed by atoms with Crippen LogP contribution in [0.4, 0.5) is 0 Å². The first-order chi connectivity index (χ1) is 38.2. The molecule has 12 atom stereocenters. The molecule has 4 heterocycles. The number of carbonyl (C=O) groups is 2. The van der Waals surface area contributed by atoms with Crippen LogP contribution in [0.25, 0.3) is 0 Å². The first-order valence-corrected chi connectivity index (χ1v) is 29.9. The van der Waals surface area contributed by atoms with Gasteiger partial charge in [0.15, 0.2) is 0 Å². The summed E-state index contributed by atoms with van der Waals surface area (Å²) in [5.74, 6) is 4.01. The average molecular weight is 1110 g/mol. The van der Waals surface area contributed by atoms with E-state index in [0.29, 0.717) is 80.1 Å². The molecular formula is C66H92N2O12. The summed E-state index contributed by atoms with van der Waals surface area (Å²) in [6.07, 6.45) is 5.83. The second-order valence-corrected chi connectivity index (χ2v) is 24.2. The lowest BCUT2D eigenvalue weighted by Crippen LogP contribution is -2.73. The van der Waals surface area contributed by atoms with Gasteiger partial charge < -0.3 is 61.7 Å². The van der Waals surface area contributed by atoms with E-state index in [-0.39, 0.29) is 69.6 Å². The highest BCUT2D eigenvalue weighted by atomic mass is 16.4. The van der Waals surface area contributed by atoms with Gasteiger partial charge >= 0.3 is 11.9 Å². The lowest BCUT2D eigenvalue weighted by Gasteiger charge is -2.59. The molecule has 80 heavy (non-hydrogen) atoms. The zero-order chi connectivity index (χ0) is 57.8. The molecule has 2 fully saturated rings. The lowest BCUT2D eigenvalue weighted by atomic mass is 9.52. The number of benzene rings is 3. The highest BCUT2D eigenvalue weighted by Gasteiger charge is 2.60. The van der Waals surface area contributed by atoms with E-state index < -0.39 is 89.5 Å². The molecule has 1 aliphatic carbocycles. The van der Waals surface area contributed by atoms with Gasteiger partial charge in [-0.2, -0.15) is 0 Å². The Balaban J connectivity index is 1.61. The van der Waals surface area contributed by atoms with Crippen LogP contribution >= 0.6 is 0 Å². The number of aliphatic hydroxyl groups is 7. The minimum atomic E-state index is -1.74. The molecule has 3 aromatic carbocycles. The second kappa shape index (κ2) is 28.4. The molecule has 0 aromatic heterocycles. The Morgan fingerprint density at radius 1 is 0.887 bits per heavy atom. The Morgan fingerprint density at radius 3 is 2.33 bits per heavy atom. The molecule has 0 amide bonds. The molecule has 3 aromatic rings. The van der Waals surface area contributed by atoms with Crippen molar-refractivity contribution in [1.82, 2.24) is 10.6 Å². The van der Waals surface area contributed by atoms with Crippen molar-refractivity contribution in [2.24, 2.45) is 11.8 Å². The summed E-state index contributed by atoms with van der Waals surface area (Å²) in [5, 5.41) is 125. The normalized spacial score (nSPS) is 27.7. The first kappa shape index (κ1) is 62.7. The monoisotopic (exact) mass is 1100 g/mol. The Morgan fingerprint density at radius 2 is 1.64 bits per heavy atom. The Hall–Kier alpha value is -4.92. The fraction of sp³-hybridized carbons (Fsp3) is 0.606. The van der Waals surface area contributed by atoms with Crippen molar-refractivity contribution < 1.29 is 60.7 Å². The zero-order valence-corrected chi connectivity index (χ0v) is 47.8. The molecule has 14 heteroatoms. The largest absolute Gasteiger partial charge is 0.508 e. The maximum absolute atomic E-state index is 14.7. The number of fused-ring (bicyclic) bond motifs is 6. The molecule has 12 N–H and O–H groups in total. The molecule has 4 aliphatic heterocycles. The van der Waals surface area contributed by atoms with E-state index in [1.54, 1.807) is 18.2 Å². The molecule has 12 unspecified atom stereocenters. The molecule has 0 spiro atoms. The third-order valence-corrected chi connectivity index (χ3v) is 18.9. The van der Waals surface area contributed by atoms with Crippen molar-refractivity contribution in [3.05, 3.63) is 123 Å². The average Bonchev–Trinajstić information content (AvgIpc) is 3.61. The van der Waals surface area contributed by atoms with Crippen molar-refractivity contribution in [1.29, 1.82) is 0 Å². The maximum atomic E-state index is 14.7. The number of hydrogen-bond acceptors (Lipinski definition) is 12. The van der Waals surface area contributed by atoms with E-state index in [9.17, 15) is 60.7 Å². The summed E-state index contributed by atoms with van der Waals surface area (Å²) in [4.78, 5) is 25.3. The fourth-order valence-electron chi connectivity index (χ4n) is 14.2. The maximum Gasteiger partial charge on any atom is 0.303 e. The van der Waals surface area contributed by atoms with E-state index in [4.69, 9.17) is 0 Å². The van der Waals surface area contributed by atoms with E-state index in [1.807, 2.05) is 63.2 Å². The number of phenols is 1. The van der Waals surface area contributed by atoms with Crippen molar-refractivity contribution in [2.45, 2.75) is 234 Å². The summed E-state index contributed by atoms with van der Waals surface area (Å²) < 4.78 is 0. The zero-order valence-electron chi connectivity index (χ0n) is 47.8. The number of unbranched alkanes of at least 4 members (excludes halogenated alkanes) is 1. The Labute approximate surface area is 474 Å². The van der Waals surface area contributed by atoms with Crippen LogP contribution in [0.15, 0.2) is 84.0 Å². The number of allylic oxidation sites excluding steroid dienone is 2. The molecule has 8 rings (SSSR count). The SMILES string of the molecule is CCCCC(O)C(O)C=CC1=C(CC(O)CO)C2CCC(O)C3NC(C)CCC(C(O)Cc4ccc(cc4CCC(=O)O)CC(C(C)(O)C4(c5ccc(O)cc5)CCCCC4)(CC#Cc4c(CC)cccc4CC1)N2)C3CC(=O)O. The number of nitrogens with one attached hydrogen (secondary N) is 2. The summed E-state index contributed by atoms with van der Waals surface area (Å²) in [5.41, 5.74) is 3.05. The van der Waals surface area contributed by atoms with Gasteiger partial charge in [0.25, 0.3) is 0 Å². The Kier molecular flexibility index (Phi) is 22.2. The van der Waals surface area contributed by atoms with Gasteiger partial charge in [-0.3, -0.25) is 9.59 Å². The van der Waals surface area contributed by atoms with Crippen LogP contribution in [0.3, 0.4) is 0 Å². The van der Waals surface area contributed by atoms with Gasteiger partial charge in [0, 0.05) is 41.9 Å². The van der Waals surface area contributed by atoms with Crippen LogP contribution in [0, 0.1) is 23.7 Å². The lowest BCUT2D eigenvalue weighted by molar-refractivity contribution is -0.140. The van der Waals surface area contributed by atoms with Crippen LogP contribution in [0.2, 0.25) is 0 Å². The van der Waals surface area contributed by atoms with Gasteiger partial charge in [-0.15, -0.1) is 0 Å². The molecule has 6 bridgehead atoms. The quantitative estimate of drug-likeness (QED) is 0.0546. The van der Waals surface area contributed by atoms with Crippen LogP contribution in [0.1, 0.15) is 176 Å². The highest BCUT2D eigenvalue weighted by Crippen LogP contribution is 2.54. The number of aromatic hydroxyl groups is 1. The molecule has 14 nitrogen and oxygen atoms in total. The van der Waals surface area contributed by atoms with Gasteiger partial charge in [0.2, 0.25) is 0 Å². The van der Waals surface area contributed by atoms with Crippen molar-refractivity contribution >= 4 is 11.9 Å². The number of hydrogen-bond donors (Lipinski definition) is 12. The van der Waals surface area contributed by atoms with Crippen LogP contribution < -0.4 is 10.6 Å². The van der Waals surface area contributed by atoms with Crippen LogP contribution in [-0.4, -0.2) is 129 Å². The third kappa shape index (κ3) is 14.8. The predicted molar refractivity (Wildman–Crippen MR) is 310 cm³/mol. The van der Waals surface area contributed by atoms with Gasteiger partial charge in [0.05, 0.1) is 54.7 Å². The summed E-state index contributed by atoms with van der Waals surface area (Å²) in [6, 6.07) is 17.3. The van der Waals surface area contributed by atoms with E-state index in [2.05, 4.69) is 41.5 Å². The number of rotatable bonds is 18. The standard InChI is InChI=1S/C66H92N2O12/c1-5-7-16-57(72)58(73)30-22-46-21-20-45-14-11-13-44(6-2)52(45)15-12-35-66(64(4,80)65(33-9-8-10-34-65)49-24-26-50(70)27-25-49)40-43-18-19-48(47(36-43)23-32-61(76)77)37-60(75)53-28-17-42(3)67-63(55(53)39-62(78)79)59(74)31-29-56(68-66)54(46)38-51(71)41-69/h11,13-14,18-19,22,24-27,30,36,42,51,53,55-60,63,67-75,80H,5-10,16-17,20-21,23,28-29,31-35,37-41H2,1-4H3,(H,76,77)(H,78,79). The summed E-state index contributed by atoms with van der Waals surface area (Å²) in [7, 11) is 0. The summed E-state index contributed by atoms with van der Waals surface area (Å²) in [6.45, 7) is 7.38. The van der Waals surface area contributed by atoms with E-state index in [1.165, 1.54) is 0 Å². The second-order valence-electron chi connectivity index (χ2n) is 24.2. The van der Waals surface area contributed by atoms with Crippen molar-refractivity contribution in [2.75, 3.05) is 6.61 Å². The molecule has 1 saturated heterocycles. The molecule has 1 saturated carbocycles. The topological polar surface area (TPSA) is 260 Å². The van der Waals surface area contributed by atoms with Crippen LogP contribution in [0.5, 0.6) is 5.75 Å². The number of carboxylic acid groups (broad SMARTS) is 2. The number of aliphatic carboxylic acids is 2. The smallest absolute Gasteiger partial charge is 0.303 e. The highest BCUT2D eigenvalue weighted by molar-refractivity contribution is 5.67. The summed E-state index contributed by atoms with van der Waals surface area (Å²) >= 11 is 0. The first-order valence-electron chi connectivity index (χ1n) is 29.9. The van der Waals surface area contributed by atoms with Gasteiger partial charge in [-0.1, -0.05) is 118 Å². The number of aliphatic hydroxyl groups excluding tert-OH is 6. The van der Waals surface area contributed by atoms with Crippen LogP contribution in [-0.2, 0) is 47.1 Å². The molecule has 438 valence electrons. The molecular weight excluding hydrogens is 1010 g/mol. The van der Waals surface area contributed by atoms with Crippen molar-refractivity contribution in [3.63, 3.8) is 0 Å². The van der Waals surface area contributed by atoms with Gasteiger partial charge in [-0.05, 0) is 172 Å². The number of phenolic OH excluding ortho intramolecular Hbond substituents is 1. The van der Waals surface area contributed by atoms with Crippen molar-refractivity contribution in [3.8, 4) is 17.6 Å². The molecule has 5 aliphatic rings. The van der Waals surface area contributed by atoms with Gasteiger partial charge in [-0.25, -0.2) is 0 Å². The minimum Gasteiger partial charge on any atom is -0.508 e. The minimum absolute atomic E-state index is 0.0503. The number of carboxylic acids is 2. The predicted octanol–water partition coefficient (Wildman–Crippen LogP) is 7.67. The number of aryl methyl sites for hydroxylation is 3. The van der Waals surface area contributed by atoms with Gasteiger partial charge in [0.1, 0.15) is 5.75 Å². The third-order valence-electron chi connectivity index (χ3n) is 18.9. The van der Waals surface area contributed by atoms with E-state index >= 15 is 0 Å². The van der Waals surface area contributed by atoms with E-state index in [0.717, 1.165) is 53.5 Å².